The quantitative estimate of drug-likeness (QED) is 0.0509. The molecule has 0 saturated carbocycles. The molecule has 5 aromatic rings. The molecule has 5 aromatic carbocycles. The van der Waals surface area contributed by atoms with Crippen molar-refractivity contribution in [1.29, 1.82) is 0 Å². The van der Waals surface area contributed by atoms with E-state index in [9.17, 15) is 40.8 Å². The van der Waals surface area contributed by atoms with Crippen molar-refractivity contribution < 1.29 is 103 Å². The number of nitro benzene ring substituents is 1. The number of hydrogen-bond donors (Lipinski definition) is 1. The number of amides is 1. The maximum atomic E-state index is 13.2. The molecule has 0 saturated heterocycles. The number of nitro groups is 1. The summed E-state index contributed by atoms with van der Waals surface area (Å²) in [6, 6.07) is 21.5. The second-order valence-corrected chi connectivity index (χ2v) is 10.7. The van der Waals surface area contributed by atoms with E-state index in [0.717, 1.165) is 0 Å². The fourth-order valence-corrected chi connectivity index (χ4v) is 5.17. The van der Waals surface area contributed by atoms with Gasteiger partial charge in [0.25, 0.3) is 32.4 Å². The largest absolute Gasteiger partial charge is 1.00 e. The van der Waals surface area contributed by atoms with E-state index in [4.69, 9.17) is 8.37 Å². The van der Waals surface area contributed by atoms with E-state index >= 15 is 0 Å². The van der Waals surface area contributed by atoms with Gasteiger partial charge in [-0.05, 0) is 41.5 Å². The number of rotatable bonds is 8. The van der Waals surface area contributed by atoms with Gasteiger partial charge in [-0.15, -0.1) is 0 Å². The minimum absolute atomic E-state index is 0. The molecule has 0 unspecified atom stereocenters. The summed E-state index contributed by atoms with van der Waals surface area (Å²) in [4.78, 5) is 23.6. The molecular formula is C27H16N2Na2O11S2. The average Bonchev–Trinajstić information content (AvgIpc) is 2.93. The molecule has 0 aliphatic heterocycles. The Morgan fingerprint density at radius 2 is 1.14 bits per heavy atom. The van der Waals surface area contributed by atoms with Crippen LogP contribution in [0.4, 0.5) is 11.4 Å². The van der Waals surface area contributed by atoms with Crippen LogP contribution < -0.4 is 72.8 Å². The fourth-order valence-electron chi connectivity index (χ4n) is 4.41. The summed E-state index contributed by atoms with van der Waals surface area (Å²) < 4.78 is 79.2. The molecular weight excluding hydrogens is 638 g/mol. The molecule has 44 heavy (non-hydrogen) atoms. The summed E-state index contributed by atoms with van der Waals surface area (Å²) >= 11 is 0. The van der Waals surface area contributed by atoms with Gasteiger partial charge >= 0.3 is 59.1 Å². The van der Waals surface area contributed by atoms with Gasteiger partial charge < -0.3 is 22.8 Å². The van der Waals surface area contributed by atoms with Crippen molar-refractivity contribution in [2.45, 2.75) is 0 Å². The Labute approximate surface area is 294 Å². The Bertz CT molecular complexity index is 2110. The zero-order chi connectivity index (χ0) is 30.2. The zero-order valence-corrected chi connectivity index (χ0v) is 28.5. The summed E-state index contributed by atoms with van der Waals surface area (Å²) in [6.07, 6.45) is 0. The van der Waals surface area contributed by atoms with Gasteiger partial charge in [-0.3, -0.25) is 14.9 Å². The minimum Gasteiger partial charge on any atom is -0.716 e. The summed E-state index contributed by atoms with van der Waals surface area (Å²) in [6.45, 7) is 0. The van der Waals surface area contributed by atoms with Crippen molar-refractivity contribution in [1.82, 2.24) is 0 Å². The molecule has 5 rings (SSSR count). The Kier molecular flexibility index (Phi) is 11.2. The van der Waals surface area contributed by atoms with Gasteiger partial charge in [0, 0.05) is 33.9 Å². The van der Waals surface area contributed by atoms with Gasteiger partial charge in [-0.1, -0.05) is 48.5 Å². The first-order chi connectivity index (χ1) is 19.8. The third-order valence-electron chi connectivity index (χ3n) is 6.13. The van der Waals surface area contributed by atoms with E-state index in [0.29, 0.717) is 11.1 Å². The number of carbonyl (C=O) groups is 1. The third-order valence-corrected chi connectivity index (χ3v) is 6.87. The number of anilines is 1. The molecule has 0 radical (unpaired) electrons. The van der Waals surface area contributed by atoms with Crippen LogP contribution in [0.5, 0.6) is 11.5 Å². The monoisotopic (exact) mass is 654 g/mol. The van der Waals surface area contributed by atoms with Crippen molar-refractivity contribution in [2.24, 2.45) is 0 Å². The molecule has 17 heteroatoms. The normalized spacial score (nSPS) is 11.2. The SMILES string of the molecule is O=C(Nc1cccc2c(OS(=O)(=O)[O-])c3ccccc3c(OS(=O)(=O)[O-])c12)c1ccc(-c2ccc([N+](=O)[O-])cc2)cc1.[Na+].[Na+]. The van der Waals surface area contributed by atoms with Crippen molar-refractivity contribution in [3.05, 3.63) is 107 Å². The number of carbonyl (C=O) groups excluding carboxylic acids is 1. The van der Waals surface area contributed by atoms with E-state index in [-0.39, 0.29) is 97.6 Å². The molecule has 0 aliphatic rings. The molecule has 13 nitrogen and oxygen atoms in total. The van der Waals surface area contributed by atoms with Crippen LogP contribution in [0.3, 0.4) is 0 Å². The molecule has 0 spiro atoms. The number of fused-ring (bicyclic) bond motifs is 2. The first-order valence-electron chi connectivity index (χ1n) is 11.7. The molecule has 0 aliphatic carbocycles. The van der Waals surface area contributed by atoms with Gasteiger partial charge in [0.2, 0.25) is 0 Å². The summed E-state index contributed by atoms with van der Waals surface area (Å²) in [5.41, 5.74) is 1.31. The topological polar surface area (TPSA) is 205 Å². The van der Waals surface area contributed by atoms with Crippen molar-refractivity contribution in [3.8, 4) is 22.6 Å². The molecule has 0 bridgehead atoms. The van der Waals surface area contributed by atoms with E-state index in [1.165, 1.54) is 66.7 Å². The van der Waals surface area contributed by atoms with Crippen LogP contribution in [-0.4, -0.2) is 36.8 Å². The second kappa shape index (κ2) is 13.9. The maximum absolute atomic E-state index is 13.2. The predicted octanol–water partition coefficient (Wildman–Crippen LogP) is -1.49. The predicted molar refractivity (Wildman–Crippen MR) is 149 cm³/mol. The van der Waals surface area contributed by atoms with Crippen LogP contribution >= 0.6 is 0 Å². The van der Waals surface area contributed by atoms with E-state index in [2.05, 4.69) is 5.32 Å². The molecule has 1 amide bonds. The first kappa shape index (κ1) is 35.4. The maximum Gasteiger partial charge on any atom is 1.00 e. The van der Waals surface area contributed by atoms with Gasteiger partial charge in [0.15, 0.2) is 11.5 Å². The summed E-state index contributed by atoms with van der Waals surface area (Å²) in [5.74, 6) is -1.66. The van der Waals surface area contributed by atoms with Gasteiger partial charge in [0.05, 0.1) is 16.0 Å². The van der Waals surface area contributed by atoms with Crippen molar-refractivity contribution in [2.75, 3.05) is 5.32 Å². The molecule has 0 fully saturated rings. The van der Waals surface area contributed by atoms with Gasteiger partial charge in [0.1, 0.15) is 0 Å². The van der Waals surface area contributed by atoms with Gasteiger partial charge in [-0.2, -0.15) is 0 Å². The Morgan fingerprint density at radius 3 is 1.66 bits per heavy atom. The van der Waals surface area contributed by atoms with E-state index in [1.54, 1.807) is 24.3 Å². The number of hydrogen-bond acceptors (Lipinski definition) is 11. The smallest absolute Gasteiger partial charge is 0.716 e. The number of non-ortho nitro benzene ring substituents is 1. The molecule has 1 N–H and O–H groups in total. The number of nitrogens with zero attached hydrogens (tertiary/aromatic N) is 1. The number of nitrogens with one attached hydrogen (secondary N) is 1. The average molecular weight is 655 g/mol. The summed E-state index contributed by atoms with van der Waals surface area (Å²) in [5, 5.41) is 13.0. The molecule has 0 aromatic heterocycles. The summed E-state index contributed by atoms with van der Waals surface area (Å²) in [7, 11) is -10.7. The third kappa shape index (κ3) is 7.94. The van der Waals surface area contributed by atoms with E-state index in [1.807, 2.05) is 0 Å². The first-order valence-corrected chi connectivity index (χ1v) is 14.4. The van der Waals surface area contributed by atoms with E-state index < -0.39 is 43.1 Å². The van der Waals surface area contributed by atoms with Crippen molar-refractivity contribution in [3.63, 3.8) is 0 Å². The van der Waals surface area contributed by atoms with Crippen LogP contribution in [0.1, 0.15) is 10.4 Å². The van der Waals surface area contributed by atoms with Gasteiger partial charge in [-0.25, -0.2) is 16.8 Å². The van der Waals surface area contributed by atoms with Crippen LogP contribution in [0, 0.1) is 10.1 Å². The Morgan fingerprint density at radius 1 is 0.659 bits per heavy atom. The molecule has 0 heterocycles. The van der Waals surface area contributed by atoms with Crippen molar-refractivity contribution >= 4 is 59.6 Å². The molecule has 0 atom stereocenters. The van der Waals surface area contributed by atoms with Crippen LogP contribution in [0.15, 0.2) is 91.0 Å². The zero-order valence-electron chi connectivity index (χ0n) is 22.9. The van der Waals surface area contributed by atoms with Crippen LogP contribution in [-0.2, 0) is 20.8 Å². The minimum atomic E-state index is -5.36. The number of benzene rings is 5. The Hall–Kier alpha value is -3.09. The van der Waals surface area contributed by atoms with Crippen LogP contribution in [0.25, 0.3) is 32.7 Å². The standard InChI is InChI=1S/C27H18N2O11S2.2Na/c30-27(18-10-8-16(9-11-18)17-12-14-19(15-13-17)29(31)32)28-23-7-3-6-22-24(23)26(40-42(36,37)38)21-5-2-1-4-20(21)25(22)39-41(33,34)35;;/h1-15H,(H,28,30)(H,33,34,35)(H,36,37,38);;/q;2*+1/p-2. The Balaban J connectivity index is 0.00000264. The molecule has 214 valence electrons. The fraction of sp³-hybridized carbons (Fsp3) is 0. The second-order valence-electron chi connectivity index (χ2n) is 8.75. The van der Waals surface area contributed by atoms with Crippen LogP contribution in [0.2, 0.25) is 0 Å².